The van der Waals surface area contributed by atoms with Gasteiger partial charge in [-0.05, 0) is 24.6 Å². The Morgan fingerprint density at radius 1 is 1.36 bits per heavy atom. The fourth-order valence-electron chi connectivity index (χ4n) is 1.22. The van der Waals surface area contributed by atoms with Crippen molar-refractivity contribution >= 4 is 12.0 Å². The Balaban J connectivity index is 3.48. The number of aryl methyl sites for hydroxylation is 1. The number of alkyl halides is 3. The molecule has 1 aromatic rings. The van der Waals surface area contributed by atoms with Crippen LogP contribution in [0.25, 0.3) is 0 Å². The van der Waals surface area contributed by atoms with Crippen molar-refractivity contribution in [3.05, 3.63) is 28.8 Å². The topological polar surface area (TPSA) is 43.1 Å². The summed E-state index contributed by atoms with van der Waals surface area (Å²) in [6.45, 7) is 1.41. The lowest BCUT2D eigenvalue weighted by Crippen LogP contribution is -2.11. The summed E-state index contributed by atoms with van der Waals surface area (Å²) < 4.78 is 37.1. The van der Waals surface area contributed by atoms with E-state index in [2.05, 4.69) is 0 Å². The molecule has 0 unspecified atom stereocenters. The number of rotatable bonds is 1. The van der Waals surface area contributed by atoms with Gasteiger partial charge in [-0.25, -0.2) is 0 Å². The fourth-order valence-corrected chi connectivity index (χ4v) is 1.22. The van der Waals surface area contributed by atoms with Crippen molar-refractivity contribution in [1.29, 1.82) is 0 Å². The third kappa shape index (κ3) is 1.86. The number of aldehydes is 1. The highest BCUT2D eigenvalue weighted by atomic mass is 19.4. The Morgan fingerprint density at radius 3 is 2.36 bits per heavy atom. The molecule has 0 bridgehead atoms. The van der Waals surface area contributed by atoms with Crippen LogP contribution in [0.5, 0.6) is 0 Å². The van der Waals surface area contributed by atoms with Gasteiger partial charge in [-0.15, -0.1) is 0 Å². The number of carbonyl (C=O) groups excluding carboxylic acids is 1. The first-order valence-corrected chi connectivity index (χ1v) is 3.78. The van der Waals surface area contributed by atoms with Crippen molar-refractivity contribution in [3.8, 4) is 0 Å². The van der Waals surface area contributed by atoms with E-state index in [0.29, 0.717) is 0 Å². The second-order valence-electron chi connectivity index (χ2n) is 2.91. The van der Waals surface area contributed by atoms with Gasteiger partial charge in [0, 0.05) is 11.3 Å². The van der Waals surface area contributed by atoms with Gasteiger partial charge in [0.2, 0.25) is 0 Å². The molecule has 0 radical (unpaired) electrons. The zero-order valence-corrected chi connectivity index (χ0v) is 7.35. The van der Waals surface area contributed by atoms with Crippen LogP contribution in [0.2, 0.25) is 0 Å². The van der Waals surface area contributed by atoms with Crippen molar-refractivity contribution < 1.29 is 18.0 Å². The Labute approximate surface area is 78.5 Å². The summed E-state index contributed by atoms with van der Waals surface area (Å²) in [5, 5.41) is 0. The highest BCUT2D eigenvalue weighted by molar-refractivity contribution is 5.81. The number of benzene rings is 1. The summed E-state index contributed by atoms with van der Waals surface area (Å²) in [6.07, 6.45) is -4.35. The van der Waals surface area contributed by atoms with E-state index in [1.807, 2.05) is 0 Å². The van der Waals surface area contributed by atoms with E-state index in [9.17, 15) is 18.0 Å². The van der Waals surface area contributed by atoms with Gasteiger partial charge < -0.3 is 5.73 Å². The zero-order chi connectivity index (χ0) is 10.9. The molecule has 0 aliphatic rings. The highest BCUT2D eigenvalue weighted by Crippen LogP contribution is 2.33. The molecule has 0 atom stereocenters. The van der Waals surface area contributed by atoms with Crippen molar-refractivity contribution in [1.82, 2.24) is 0 Å². The molecule has 0 fully saturated rings. The van der Waals surface area contributed by atoms with Crippen LogP contribution in [0.15, 0.2) is 12.1 Å². The van der Waals surface area contributed by atoms with Crippen LogP contribution in [-0.2, 0) is 6.18 Å². The van der Waals surface area contributed by atoms with Crippen molar-refractivity contribution in [2.75, 3.05) is 5.73 Å². The van der Waals surface area contributed by atoms with Gasteiger partial charge in [-0.2, -0.15) is 13.2 Å². The number of carbonyl (C=O) groups is 1. The summed E-state index contributed by atoms with van der Waals surface area (Å²) in [4.78, 5) is 10.5. The summed E-state index contributed by atoms with van der Waals surface area (Å²) in [6, 6.07) is 2.09. The van der Waals surface area contributed by atoms with Crippen LogP contribution in [0, 0.1) is 6.92 Å². The zero-order valence-electron chi connectivity index (χ0n) is 7.35. The van der Waals surface area contributed by atoms with Crippen molar-refractivity contribution in [2.24, 2.45) is 0 Å². The Morgan fingerprint density at radius 2 is 1.93 bits per heavy atom. The highest BCUT2D eigenvalue weighted by Gasteiger charge is 2.34. The summed E-state index contributed by atoms with van der Waals surface area (Å²) in [7, 11) is 0. The first-order valence-electron chi connectivity index (χ1n) is 3.78. The quantitative estimate of drug-likeness (QED) is 0.562. The van der Waals surface area contributed by atoms with E-state index in [4.69, 9.17) is 5.73 Å². The van der Waals surface area contributed by atoms with Gasteiger partial charge in [0.15, 0.2) is 6.29 Å². The largest absolute Gasteiger partial charge is 0.417 e. The Hall–Kier alpha value is -1.52. The van der Waals surface area contributed by atoms with Crippen LogP contribution in [0.4, 0.5) is 18.9 Å². The number of nitrogens with two attached hydrogens (primary N) is 1. The molecular formula is C9H8F3NO. The van der Waals surface area contributed by atoms with E-state index < -0.39 is 11.7 Å². The molecule has 0 spiro atoms. The molecule has 0 aromatic heterocycles. The molecule has 0 amide bonds. The lowest BCUT2D eigenvalue weighted by atomic mass is 10.0. The maximum atomic E-state index is 12.4. The first-order chi connectivity index (χ1) is 6.36. The predicted octanol–water partition coefficient (Wildman–Crippen LogP) is 2.41. The molecule has 14 heavy (non-hydrogen) atoms. The minimum absolute atomic E-state index is 0.000394. The number of anilines is 1. The second-order valence-corrected chi connectivity index (χ2v) is 2.91. The SMILES string of the molecule is Cc1cc(N)cc(C(F)(F)F)c1C=O. The number of hydrogen-bond acceptors (Lipinski definition) is 2. The number of halogens is 3. The monoisotopic (exact) mass is 203 g/mol. The summed E-state index contributed by atoms with van der Waals surface area (Å²) in [5.74, 6) is 0. The minimum atomic E-state index is -4.55. The molecule has 0 heterocycles. The van der Waals surface area contributed by atoms with Crippen molar-refractivity contribution in [3.63, 3.8) is 0 Å². The standard InChI is InChI=1S/C9H8F3NO/c1-5-2-6(13)3-8(7(5)4-14)9(10,11)12/h2-4H,13H2,1H3. The predicted molar refractivity (Wildman–Crippen MR) is 46.0 cm³/mol. The van der Waals surface area contributed by atoms with Crippen LogP contribution < -0.4 is 5.73 Å². The lowest BCUT2D eigenvalue weighted by molar-refractivity contribution is -0.137. The summed E-state index contributed by atoms with van der Waals surface area (Å²) >= 11 is 0. The van der Waals surface area contributed by atoms with Gasteiger partial charge in [-0.1, -0.05) is 0 Å². The Kier molecular flexibility index (Phi) is 2.51. The molecule has 0 saturated heterocycles. The van der Waals surface area contributed by atoms with Gasteiger partial charge >= 0.3 is 6.18 Å². The van der Waals surface area contributed by atoms with Crippen LogP contribution >= 0.6 is 0 Å². The van der Waals surface area contributed by atoms with Crippen LogP contribution in [0.1, 0.15) is 21.5 Å². The molecule has 0 aliphatic carbocycles. The Bertz CT molecular complexity index is 371. The molecule has 76 valence electrons. The number of hydrogen-bond donors (Lipinski definition) is 1. The molecule has 0 saturated carbocycles. The van der Waals surface area contributed by atoms with Gasteiger partial charge in [-0.3, -0.25) is 4.79 Å². The average molecular weight is 203 g/mol. The van der Waals surface area contributed by atoms with Gasteiger partial charge in [0.25, 0.3) is 0 Å². The average Bonchev–Trinajstić information content (AvgIpc) is 2.01. The van der Waals surface area contributed by atoms with Gasteiger partial charge in [0.1, 0.15) is 0 Å². The minimum Gasteiger partial charge on any atom is -0.399 e. The smallest absolute Gasteiger partial charge is 0.399 e. The molecular weight excluding hydrogens is 195 g/mol. The number of nitrogen functional groups attached to an aromatic ring is 1. The molecule has 2 nitrogen and oxygen atoms in total. The van der Waals surface area contributed by atoms with Gasteiger partial charge in [0.05, 0.1) is 5.56 Å². The van der Waals surface area contributed by atoms with E-state index in [0.717, 1.165) is 6.07 Å². The van der Waals surface area contributed by atoms with Crippen LogP contribution in [0.3, 0.4) is 0 Å². The second kappa shape index (κ2) is 3.32. The maximum absolute atomic E-state index is 12.4. The normalized spacial score (nSPS) is 11.4. The van der Waals surface area contributed by atoms with Crippen molar-refractivity contribution in [2.45, 2.75) is 13.1 Å². The van der Waals surface area contributed by atoms with E-state index in [1.165, 1.54) is 13.0 Å². The maximum Gasteiger partial charge on any atom is 0.417 e. The molecule has 0 aliphatic heterocycles. The fraction of sp³-hybridized carbons (Fsp3) is 0.222. The van der Waals surface area contributed by atoms with E-state index in [-0.39, 0.29) is 23.1 Å². The third-order valence-electron chi connectivity index (χ3n) is 1.83. The molecule has 2 N–H and O–H groups in total. The van der Waals surface area contributed by atoms with E-state index >= 15 is 0 Å². The first kappa shape index (κ1) is 10.6. The van der Waals surface area contributed by atoms with Crippen LogP contribution in [-0.4, -0.2) is 6.29 Å². The third-order valence-corrected chi connectivity index (χ3v) is 1.83. The molecule has 1 aromatic carbocycles. The molecule has 1 rings (SSSR count). The van der Waals surface area contributed by atoms with E-state index in [1.54, 1.807) is 0 Å². The summed E-state index contributed by atoms with van der Waals surface area (Å²) in [5.41, 5.74) is 4.16. The lowest BCUT2D eigenvalue weighted by Gasteiger charge is -2.12. The molecule has 5 heteroatoms.